The Morgan fingerprint density at radius 3 is 2.71 bits per heavy atom. The summed E-state index contributed by atoms with van der Waals surface area (Å²) in [6.07, 6.45) is 0. The lowest BCUT2D eigenvalue weighted by Crippen LogP contribution is -2.12. The quantitative estimate of drug-likeness (QED) is 0.769. The van der Waals surface area contributed by atoms with E-state index in [4.69, 9.17) is 9.47 Å². The van der Waals surface area contributed by atoms with Gasteiger partial charge < -0.3 is 14.8 Å². The van der Waals surface area contributed by atoms with Gasteiger partial charge in [0.25, 0.3) is 5.91 Å². The van der Waals surface area contributed by atoms with Crippen LogP contribution in [0.1, 0.15) is 9.67 Å². The first-order valence-electron chi connectivity index (χ1n) is 7.14. The van der Waals surface area contributed by atoms with Crippen molar-refractivity contribution in [3.05, 3.63) is 53.4 Å². The van der Waals surface area contributed by atoms with Crippen LogP contribution in [-0.4, -0.2) is 29.7 Å². The van der Waals surface area contributed by atoms with E-state index in [1.165, 1.54) is 0 Å². The fourth-order valence-corrected chi connectivity index (χ4v) is 2.81. The molecule has 3 aromatic rings. The Bertz CT molecular complexity index is 864. The number of hydrogen-bond acceptors (Lipinski definition) is 6. The zero-order valence-electron chi connectivity index (χ0n) is 13.1. The molecule has 1 amide bonds. The summed E-state index contributed by atoms with van der Waals surface area (Å²) in [4.78, 5) is 13.0. The Hall–Kier alpha value is -2.93. The van der Waals surface area contributed by atoms with Gasteiger partial charge in [0.05, 0.1) is 19.9 Å². The van der Waals surface area contributed by atoms with Crippen LogP contribution in [0.2, 0.25) is 0 Å². The van der Waals surface area contributed by atoms with Crippen molar-refractivity contribution in [1.82, 2.24) is 9.59 Å². The number of methoxy groups -OCH3 is 2. The lowest BCUT2D eigenvalue weighted by Gasteiger charge is -2.09. The summed E-state index contributed by atoms with van der Waals surface area (Å²) in [5.41, 5.74) is 1.88. The van der Waals surface area contributed by atoms with E-state index in [1.54, 1.807) is 26.4 Å². The number of rotatable bonds is 5. The lowest BCUT2D eigenvalue weighted by atomic mass is 10.1. The van der Waals surface area contributed by atoms with Crippen LogP contribution in [0, 0.1) is 0 Å². The van der Waals surface area contributed by atoms with Crippen LogP contribution in [0.5, 0.6) is 11.5 Å². The van der Waals surface area contributed by atoms with Crippen LogP contribution in [0.4, 0.5) is 5.69 Å². The number of carbonyl (C=O) groups is 1. The number of ether oxygens (including phenoxy) is 2. The highest BCUT2D eigenvalue weighted by molar-refractivity contribution is 7.08. The molecule has 6 nitrogen and oxygen atoms in total. The fourth-order valence-electron chi connectivity index (χ4n) is 2.23. The Kier molecular flexibility index (Phi) is 4.72. The lowest BCUT2D eigenvalue weighted by molar-refractivity contribution is 0.103. The maximum absolute atomic E-state index is 12.6. The number of carbonyl (C=O) groups excluding carboxylic acids is 1. The van der Waals surface area contributed by atoms with E-state index in [0.29, 0.717) is 27.8 Å². The van der Waals surface area contributed by atoms with Crippen molar-refractivity contribution in [3.8, 4) is 22.8 Å². The minimum atomic E-state index is -0.285. The van der Waals surface area contributed by atoms with Gasteiger partial charge in [-0.05, 0) is 35.8 Å². The van der Waals surface area contributed by atoms with Crippen LogP contribution < -0.4 is 14.8 Å². The molecule has 0 saturated carbocycles. The molecule has 0 fully saturated rings. The number of nitrogens with one attached hydrogen (secondary N) is 1. The number of aromatic nitrogens is 2. The number of amides is 1. The van der Waals surface area contributed by atoms with Gasteiger partial charge in [-0.15, -0.1) is 5.10 Å². The summed E-state index contributed by atoms with van der Waals surface area (Å²) in [5, 5.41) is 6.93. The Labute approximate surface area is 143 Å². The van der Waals surface area contributed by atoms with Crippen molar-refractivity contribution in [2.45, 2.75) is 0 Å². The molecule has 3 rings (SSSR count). The average Bonchev–Trinajstić information content (AvgIpc) is 3.12. The van der Waals surface area contributed by atoms with Gasteiger partial charge in [-0.25, -0.2) is 0 Å². The molecule has 0 spiro atoms. The molecule has 24 heavy (non-hydrogen) atoms. The number of para-hydroxylation sites is 2. The summed E-state index contributed by atoms with van der Waals surface area (Å²) < 4.78 is 14.4. The Morgan fingerprint density at radius 1 is 1.08 bits per heavy atom. The van der Waals surface area contributed by atoms with Crippen LogP contribution in [0.25, 0.3) is 11.3 Å². The van der Waals surface area contributed by atoms with E-state index in [2.05, 4.69) is 14.9 Å². The normalized spacial score (nSPS) is 10.2. The molecule has 1 N–H and O–H groups in total. The molecule has 1 aromatic heterocycles. The molecule has 0 atom stereocenters. The first kappa shape index (κ1) is 15.9. The molecular formula is C17H15N3O3S. The van der Waals surface area contributed by atoms with Crippen LogP contribution >= 0.6 is 11.5 Å². The third kappa shape index (κ3) is 3.21. The van der Waals surface area contributed by atoms with E-state index in [-0.39, 0.29) is 5.91 Å². The average molecular weight is 341 g/mol. The minimum absolute atomic E-state index is 0.285. The van der Waals surface area contributed by atoms with Crippen molar-refractivity contribution in [2.24, 2.45) is 0 Å². The number of anilines is 1. The second-order valence-corrected chi connectivity index (χ2v) is 5.59. The van der Waals surface area contributed by atoms with Crippen molar-refractivity contribution in [3.63, 3.8) is 0 Å². The van der Waals surface area contributed by atoms with Crippen LogP contribution in [0.15, 0.2) is 48.5 Å². The number of hydrogen-bond donors (Lipinski definition) is 1. The summed E-state index contributed by atoms with van der Waals surface area (Å²) in [7, 11) is 3.15. The summed E-state index contributed by atoms with van der Waals surface area (Å²) >= 11 is 1.04. The third-order valence-corrected chi connectivity index (χ3v) is 4.12. The van der Waals surface area contributed by atoms with Crippen LogP contribution in [0.3, 0.4) is 0 Å². The van der Waals surface area contributed by atoms with Gasteiger partial charge in [-0.1, -0.05) is 28.8 Å². The predicted octanol–water partition coefficient (Wildman–Crippen LogP) is 3.47. The van der Waals surface area contributed by atoms with Gasteiger partial charge in [0.15, 0.2) is 0 Å². The van der Waals surface area contributed by atoms with Gasteiger partial charge in [0.2, 0.25) is 0 Å². The van der Waals surface area contributed by atoms with Gasteiger partial charge in [-0.3, -0.25) is 4.79 Å². The maximum atomic E-state index is 12.6. The molecule has 0 radical (unpaired) electrons. The smallest absolute Gasteiger partial charge is 0.269 e. The van der Waals surface area contributed by atoms with Crippen molar-refractivity contribution < 1.29 is 14.3 Å². The monoisotopic (exact) mass is 341 g/mol. The zero-order chi connectivity index (χ0) is 16.9. The molecule has 1 heterocycles. The maximum Gasteiger partial charge on any atom is 0.269 e. The Morgan fingerprint density at radius 2 is 1.92 bits per heavy atom. The van der Waals surface area contributed by atoms with Gasteiger partial charge in [0.1, 0.15) is 22.1 Å². The standard InChI is InChI=1S/C17H15N3O3S/c1-22-12-7-5-6-11(10-12)15-16(24-20-19-15)17(21)18-13-8-3-4-9-14(13)23-2/h3-10H,1-2H3,(H,18,21). The molecule has 2 aromatic carbocycles. The van der Waals surface area contributed by atoms with Gasteiger partial charge >= 0.3 is 0 Å². The predicted molar refractivity (Wildman–Crippen MR) is 92.8 cm³/mol. The highest BCUT2D eigenvalue weighted by Crippen LogP contribution is 2.29. The Balaban J connectivity index is 1.90. The molecule has 0 aliphatic carbocycles. The second-order valence-electron chi connectivity index (χ2n) is 4.84. The first-order chi connectivity index (χ1) is 11.7. The molecule has 0 unspecified atom stereocenters. The molecule has 0 bridgehead atoms. The van der Waals surface area contributed by atoms with Crippen LogP contribution in [-0.2, 0) is 0 Å². The third-order valence-electron chi connectivity index (χ3n) is 3.39. The topological polar surface area (TPSA) is 73.3 Å². The SMILES string of the molecule is COc1cccc(-c2nnsc2C(=O)Nc2ccccc2OC)c1. The number of nitrogens with zero attached hydrogens (tertiary/aromatic N) is 2. The molecule has 0 aliphatic rings. The van der Waals surface area contributed by atoms with E-state index in [0.717, 1.165) is 17.1 Å². The van der Waals surface area contributed by atoms with E-state index in [9.17, 15) is 4.79 Å². The molecule has 122 valence electrons. The summed E-state index contributed by atoms with van der Waals surface area (Å²) in [6.45, 7) is 0. The largest absolute Gasteiger partial charge is 0.497 e. The highest BCUT2D eigenvalue weighted by Gasteiger charge is 2.19. The van der Waals surface area contributed by atoms with Crippen molar-refractivity contribution >= 4 is 23.1 Å². The van der Waals surface area contributed by atoms with E-state index >= 15 is 0 Å². The molecule has 0 saturated heterocycles. The molecular weight excluding hydrogens is 326 g/mol. The highest BCUT2D eigenvalue weighted by atomic mass is 32.1. The molecule has 0 aliphatic heterocycles. The van der Waals surface area contributed by atoms with E-state index < -0.39 is 0 Å². The van der Waals surface area contributed by atoms with Crippen molar-refractivity contribution in [2.75, 3.05) is 19.5 Å². The van der Waals surface area contributed by atoms with Gasteiger partial charge in [-0.2, -0.15) is 0 Å². The van der Waals surface area contributed by atoms with E-state index in [1.807, 2.05) is 36.4 Å². The zero-order valence-corrected chi connectivity index (χ0v) is 14.0. The minimum Gasteiger partial charge on any atom is -0.497 e. The second kappa shape index (κ2) is 7.10. The number of benzene rings is 2. The first-order valence-corrected chi connectivity index (χ1v) is 7.91. The molecule has 7 heteroatoms. The summed E-state index contributed by atoms with van der Waals surface area (Å²) in [6, 6.07) is 14.6. The van der Waals surface area contributed by atoms with Gasteiger partial charge in [0, 0.05) is 5.56 Å². The fraction of sp³-hybridized carbons (Fsp3) is 0.118. The van der Waals surface area contributed by atoms with Crippen molar-refractivity contribution in [1.29, 1.82) is 0 Å². The summed E-state index contributed by atoms with van der Waals surface area (Å²) in [5.74, 6) is 0.996.